The van der Waals surface area contributed by atoms with Crippen LogP contribution >= 0.6 is 11.6 Å². The topological polar surface area (TPSA) is 81.2 Å². The highest BCUT2D eigenvalue weighted by Crippen LogP contribution is 2.30. The maximum atomic E-state index is 13.0. The lowest BCUT2D eigenvalue weighted by molar-refractivity contribution is -0.123. The molecule has 0 saturated carbocycles. The third kappa shape index (κ3) is 3.43. The minimum absolute atomic E-state index is 0.173. The van der Waals surface area contributed by atoms with Gasteiger partial charge in [0.25, 0.3) is 5.91 Å². The van der Waals surface area contributed by atoms with Crippen molar-refractivity contribution in [3.05, 3.63) is 64.6 Å². The van der Waals surface area contributed by atoms with Crippen molar-refractivity contribution in [2.75, 3.05) is 5.32 Å². The molecule has 1 aromatic carbocycles. The number of carbonyl (C=O) groups excluding carboxylic acids is 2. The van der Waals surface area contributed by atoms with Crippen molar-refractivity contribution in [1.82, 2.24) is 9.97 Å². The zero-order valence-corrected chi connectivity index (χ0v) is 16.0. The number of carbonyl (C=O) groups is 2. The molecule has 28 heavy (non-hydrogen) atoms. The van der Waals surface area contributed by atoms with Crippen molar-refractivity contribution >= 4 is 40.1 Å². The number of halogens is 1. The van der Waals surface area contributed by atoms with Crippen LogP contribution in [-0.2, 0) is 22.4 Å². The molecule has 7 heteroatoms. The Morgan fingerprint density at radius 1 is 1.18 bits per heavy atom. The first-order chi connectivity index (χ1) is 13.5. The smallest absolute Gasteiger partial charge is 0.339 e. The fraction of sp³-hybridized carbons (Fsp3) is 0.238. The fourth-order valence-corrected chi connectivity index (χ4v) is 3.60. The monoisotopic (exact) mass is 395 g/mol. The molecule has 6 nitrogen and oxygen atoms in total. The second kappa shape index (κ2) is 7.56. The summed E-state index contributed by atoms with van der Waals surface area (Å²) in [5.74, 6) is -0.991. The van der Waals surface area contributed by atoms with Gasteiger partial charge in [-0.2, -0.15) is 0 Å². The molecule has 0 bridgehead atoms. The van der Waals surface area contributed by atoms with E-state index in [4.69, 9.17) is 16.3 Å². The number of hydrogen-bond donors (Lipinski definition) is 1. The molecule has 2 heterocycles. The van der Waals surface area contributed by atoms with Gasteiger partial charge in [0.05, 0.1) is 16.8 Å². The molecular formula is C21H18ClN3O3. The van der Waals surface area contributed by atoms with Crippen LogP contribution in [0, 0.1) is 0 Å². The number of aromatic nitrogens is 2. The summed E-state index contributed by atoms with van der Waals surface area (Å²) in [6.45, 7) is 1.53. The quantitative estimate of drug-likeness (QED) is 0.534. The second-order valence-corrected chi connectivity index (χ2v) is 7.02. The normalized spacial score (nSPS) is 13.8. The van der Waals surface area contributed by atoms with Crippen LogP contribution in [0.3, 0.4) is 0 Å². The van der Waals surface area contributed by atoms with Crippen LogP contribution in [-0.4, -0.2) is 27.9 Å². The first-order valence-corrected chi connectivity index (χ1v) is 9.45. The molecule has 0 radical (unpaired) electrons. The molecule has 2 aromatic heterocycles. The zero-order valence-electron chi connectivity index (χ0n) is 15.2. The molecule has 0 saturated heterocycles. The standard InChI is InChI=1S/C21H18ClN3O3/c1-12(20(26)25-17-10-5-11-23-19(17)22)28-21(27)18-13-6-2-3-8-15(13)24-16-9-4-7-14(16)18/h2-3,5-6,8,10-12H,4,7,9H2,1H3,(H,25,26). The van der Waals surface area contributed by atoms with Crippen molar-refractivity contribution in [2.45, 2.75) is 32.3 Å². The Morgan fingerprint density at radius 2 is 2.00 bits per heavy atom. The van der Waals surface area contributed by atoms with E-state index in [9.17, 15) is 9.59 Å². The van der Waals surface area contributed by atoms with E-state index >= 15 is 0 Å². The number of benzene rings is 1. The van der Waals surface area contributed by atoms with E-state index in [0.717, 1.165) is 41.4 Å². The van der Waals surface area contributed by atoms with Crippen LogP contribution in [0.2, 0.25) is 5.15 Å². The highest BCUT2D eigenvalue weighted by Gasteiger charge is 2.27. The number of fused-ring (bicyclic) bond motifs is 2. The lowest BCUT2D eigenvalue weighted by atomic mass is 10.0. The van der Waals surface area contributed by atoms with Gasteiger partial charge in [-0.05, 0) is 49.9 Å². The molecule has 1 atom stereocenters. The minimum Gasteiger partial charge on any atom is -0.449 e. The van der Waals surface area contributed by atoms with Crippen LogP contribution in [0.25, 0.3) is 10.9 Å². The number of ether oxygens (including phenoxy) is 1. The van der Waals surface area contributed by atoms with Crippen LogP contribution in [0.5, 0.6) is 0 Å². The lowest BCUT2D eigenvalue weighted by Crippen LogP contribution is -2.30. The molecule has 1 aliphatic carbocycles. The summed E-state index contributed by atoms with van der Waals surface area (Å²) in [5.41, 5.74) is 3.50. The first kappa shape index (κ1) is 18.4. The van der Waals surface area contributed by atoms with Gasteiger partial charge in [0.1, 0.15) is 0 Å². The van der Waals surface area contributed by atoms with Crippen LogP contribution in [0.1, 0.15) is 35.0 Å². The molecule has 1 N–H and O–H groups in total. The van der Waals surface area contributed by atoms with Gasteiger partial charge in [-0.1, -0.05) is 29.8 Å². The Balaban J connectivity index is 1.59. The molecule has 3 aromatic rings. The number of esters is 1. The number of rotatable bonds is 4. The predicted octanol–water partition coefficient (Wildman–Crippen LogP) is 3.96. The van der Waals surface area contributed by atoms with Gasteiger partial charge in [0.15, 0.2) is 11.3 Å². The van der Waals surface area contributed by atoms with E-state index in [-0.39, 0.29) is 5.15 Å². The molecular weight excluding hydrogens is 378 g/mol. The number of aryl methyl sites for hydroxylation is 1. The molecule has 0 aliphatic heterocycles. The van der Waals surface area contributed by atoms with Crippen LogP contribution in [0.4, 0.5) is 5.69 Å². The van der Waals surface area contributed by atoms with Gasteiger partial charge in [-0.3, -0.25) is 9.78 Å². The summed E-state index contributed by atoms with van der Waals surface area (Å²) in [5, 5.41) is 3.55. The van der Waals surface area contributed by atoms with E-state index in [1.165, 1.54) is 13.1 Å². The summed E-state index contributed by atoms with van der Waals surface area (Å²) >= 11 is 5.96. The van der Waals surface area contributed by atoms with Gasteiger partial charge >= 0.3 is 5.97 Å². The molecule has 1 aliphatic rings. The van der Waals surface area contributed by atoms with E-state index < -0.39 is 18.0 Å². The van der Waals surface area contributed by atoms with Gasteiger partial charge < -0.3 is 10.1 Å². The largest absolute Gasteiger partial charge is 0.449 e. The second-order valence-electron chi connectivity index (χ2n) is 6.66. The zero-order chi connectivity index (χ0) is 19.7. The molecule has 1 unspecified atom stereocenters. The molecule has 0 fully saturated rings. The Labute approximate surface area is 166 Å². The van der Waals surface area contributed by atoms with Gasteiger partial charge in [0.2, 0.25) is 0 Å². The van der Waals surface area contributed by atoms with E-state index in [1.807, 2.05) is 24.3 Å². The highest BCUT2D eigenvalue weighted by atomic mass is 35.5. The fourth-order valence-electron chi connectivity index (χ4n) is 3.43. The van der Waals surface area contributed by atoms with Gasteiger partial charge in [0, 0.05) is 17.3 Å². The number of amides is 1. The van der Waals surface area contributed by atoms with Crippen LogP contribution in [0.15, 0.2) is 42.6 Å². The Hall–Kier alpha value is -2.99. The summed E-state index contributed by atoms with van der Waals surface area (Å²) in [6, 6.07) is 10.8. The Morgan fingerprint density at radius 3 is 2.82 bits per heavy atom. The highest BCUT2D eigenvalue weighted by molar-refractivity contribution is 6.32. The van der Waals surface area contributed by atoms with E-state index in [0.29, 0.717) is 11.3 Å². The third-order valence-corrected chi connectivity index (χ3v) is 5.09. The Bertz CT molecular complexity index is 1080. The third-order valence-electron chi connectivity index (χ3n) is 4.79. The number of para-hydroxylation sites is 1. The number of nitrogens with zero attached hydrogens (tertiary/aromatic N) is 2. The van der Waals surface area contributed by atoms with Crippen molar-refractivity contribution in [1.29, 1.82) is 0 Å². The maximum Gasteiger partial charge on any atom is 0.339 e. The van der Waals surface area contributed by atoms with Crippen molar-refractivity contribution in [3.8, 4) is 0 Å². The average Bonchev–Trinajstić information content (AvgIpc) is 3.15. The van der Waals surface area contributed by atoms with Crippen molar-refractivity contribution in [2.24, 2.45) is 0 Å². The van der Waals surface area contributed by atoms with E-state index in [2.05, 4.69) is 15.3 Å². The summed E-state index contributed by atoms with van der Waals surface area (Å²) in [4.78, 5) is 34.0. The molecule has 4 rings (SSSR count). The number of anilines is 1. The minimum atomic E-state index is -0.993. The molecule has 1 amide bonds. The van der Waals surface area contributed by atoms with Gasteiger partial charge in [-0.15, -0.1) is 0 Å². The van der Waals surface area contributed by atoms with Crippen LogP contribution < -0.4 is 5.32 Å². The summed E-state index contributed by atoms with van der Waals surface area (Å²) in [7, 11) is 0. The number of pyridine rings is 2. The maximum absolute atomic E-state index is 13.0. The summed E-state index contributed by atoms with van der Waals surface area (Å²) < 4.78 is 5.50. The Kier molecular flexibility index (Phi) is 4.96. The van der Waals surface area contributed by atoms with Crippen molar-refractivity contribution < 1.29 is 14.3 Å². The summed E-state index contributed by atoms with van der Waals surface area (Å²) in [6.07, 6.45) is 3.11. The number of nitrogens with one attached hydrogen (secondary N) is 1. The number of hydrogen-bond acceptors (Lipinski definition) is 5. The van der Waals surface area contributed by atoms with Gasteiger partial charge in [-0.25, -0.2) is 9.78 Å². The molecule has 0 spiro atoms. The SMILES string of the molecule is CC(OC(=O)c1c2c(nc3ccccc13)CCC2)C(=O)Nc1cccnc1Cl. The lowest BCUT2D eigenvalue weighted by Gasteiger charge is -2.16. The molecule has 142 valence electrons. The van der Waals surface area contributed by atoms with Crippen molar-refractivity contribution in [3.63, 3.8) is 0 Å². The predicted molar refractivity (Wildman–Crippen MR) is 107 cm³/mol. The van der Waals surface area contributed by atoms with E-state index in [1.54, 1.807) is 12.1 Å². The first-order valence-electron chi connectivity index (χ1n) is 9.07. The average molecular weight is 396 g/mol.